The van der Waals surface area contributed by atoms with E-state index in [-0.39, 0.29) is 11.8 Å². The molecule has 2 amide bonds. The summed E-state index contributed by atoms with van der Waals surface area (Å²) in [6.45, 7) is 5.80. The van der Waals surface area contributed by atoms with E-state index in [1.807, 2.05) is 39.0 Å². The zero-order chi connectivity index (χ0) is 19.8. The van der Waals surface area contributed by atoms with Crippen molar-refractivity contribution in [3.8, 4) is 0 Å². The van der Waals surface area contributed by atoms with Gasteiger partial charge in [-0.1, -0.05) is 17.7 Å². The minimum atomic E-state index is -0.523. The second-order valence-electron chi connectivity index (χ2n) is 6.98. The molecule has 0 aliphatic carbocycles. The Labute approximate surface area is 166 Å². The van der Waals surface area contributed by atoms with Crippen LogP contribution >= 0.6 is 11.8 Å². The second-order valence-corrected chi connectivity index (χ2v) is 7.98. The molecule has 0 saturated carbocycles. The van der Waals surface area contributed by atoms with E-state index in [4.69, 9.17) is 0 Å². The zero-order valence-corrected chi connectivity index (χ0v) is 16.8. The summed E-state index contributed by atoms with van der Waals surface area (Å²) in [5.41, 5.74) is 4.51. The number of pyridine rings is 1. The summed E-state index contributed by atoms with van der Waals surface area (Å²) in [5, 5.41) is 2.98. The molecule has 1 atom stereocenters. The number of carbonyl (C=O) groups is 2. The van der Waals surface area contributed by atoms with Crippen molar-refractivity contribution >= 4 is 40.4 Å². The van der Waals surface area contributed by atoms with E-state index in [2.05, 4.69) is 20.3 Å². The number of fused-ring (bicyclic) bond motifs is 1. The van der Waals surface area contributed by atoms with Crippen molar-refractivity contribution in [3.63, 3.8) is 0 Å². The SMILES string of the molecule is Cc1ccc(NC(=O)C2CSCN2C(=O)c2ccnc3nc(C)[nH]c23)c(C)c1. The van der Waals surface area contributed by atoms with E-state index >= 15 is 0 Å². The highest BCUT2D eigenvalue weighted by Crippen LogP contribution is 2.27. The summed E-state index contributed by atoms with van der Waals surface area (Å²) in [5.74, 6) is 1.38. The Hall–Kier alpha value is -2.87. The summed E-state index contributed by atoms with van der Waals surface area (Å²) >= 11 is 1.57. The first-order valence-corrected chi connectivity index (χ1v) is 10.2. The Balaban J connectivity index is 1.58. The molecule has 28 heavy (non-hydrogen) atoms. The highest BCUT2D eigenvalue weighted by molar-refractivity contribution is 7.99. The van der Waals surface area contributed by atoms with Crippen molar-refractivity contribution in [2.24, 2.45) is 0 Å². The number of carbonyl (C=O) groups excluding carboxylic acids is 2. The third-order valence-corrected chi connectivity index (χ3v) is 5.84. The average molecular weight is 395 g/mol. The Kier molecular flexibility index (Phi) is 4.80. The Morgan fingerprint density at radius 2 is 2.07 bits per heavy atom. The van der Waals surface area contributed by atoms with Crippen LogP contribution in [0.5, 0.6) is 0 Å². The molecule has 1 fully saturated rings. The van der Waals surface area contributed by atoms with Crippen LogP contribution in [0.15, 0.2) is 30.5 Å². The fourth-order valence-electron chi connectivity index (χ4n) is 3.39. The van der Waals surface area contributed by atoms with Crippen molar-refractivity contribution in [2.75, 3.05) is 16.9 Å². The van der Waals surface area contributed by atoms with E-state index in [9.17, 15) is 9.59 Å². The minimum Gasteiger partial charge on any atom is -0.340 e. The summed E-state index contributed by atoms with van der Waals surface area (Å²) < 4.78 is 0. The third kappa shape index (κ3) is 3.35. The maximum Gasteiger partial charge on any atom is 0.257 e. The smallest absolute Gasteiger partial charge is 0.257 e. The molecule has 4 rings (SSSR count). The lowest BCUT2D eigenvalue weighted by molar-refractivity contribution is -0.119. The van der Waals surface area contributed by atoms with E-state index < -0.39 is 6.04 Å². The Bertz CT molecular complexity index is 1080. The lowest BCUT2D eigenvalue weighted by atomic mass is 10.1. The van der Waals surface area contributed by atoms with Crippen molar-refractivity contribution < 1.29 is 9.59 Å². The highest BCUT2D eigenvalue weighted by Gasteiger charge is 2.36. The highest BCUT2D eigenvalue weighted by atomic mass is 32.2. The molecule has 1 unspecified atom stereocenters. The standard InChI is InChI=1S/C20H21N5O2S/c1-11-4-5-15(12(2)8-11)24-19(26)16-9-28-10-25(16)20(27)14-6-7-21-18-17(14)22-13(3)23-18/h4-8,16H,9-10H2,1-3H3,(H,24,26)(H,21,22,23). The van der Waals surface area contributed by atoms with Crippen LogP contribution in [0.3, 0.4) is 0 Å². The van der Waals surface area contributed by atoms with E-state index in [0.29, 0.717) is 34.2 Å². The van der Waals surface area contributed by atoms with Crippen molar-refractivity contribution in [1.82, 2.24) is 19.9 Å². The molecule has 2 aromatic heterocycles. The van der Waals surface area contributed by atoms with Gasteiger partial charge in [-0.3, -0.25) is 9.59 Å². The maximum absolute atomic E-state index is 13.2. The van der Waals surface area contributed by atoms with Gasteiger partial charge in [0, 0.05) is 17.6 Å². The van der Waals surface area contributed by atoms with E-state index in [1.54, 1.807) is 28.9 Å². The lowest BCUT2D eigenvalue weighted by Crippen LogP contribution is -2.44. The number of aromatic nitrogens is 3. The number of thioether (sulfide) groups is 1. The van der Waals surface area contributed by atoms with Crippen LogP contribution in [-0.2, 0) is 4.79 Å². The number of imidazole rings is 1. The number of amides is 2. The van der Waals surface area contributed by atoms with Gasteiger partial charge in [-0.15, -0.1) is 11.8 Å². The molecule has 3 aromatic rings. The molecule has 1 aliphatic rings. The fraction of sp³-hybridized carbons (Fsp3) is 0.300. The quantitative estimate of drug-likeness (QED) is 0.711. The van der Waals surface area contributed by atoms with Crippen LogP contribution in [0.2, 0.25) is 0 Å². The molecule has 7 nitrogen and oxygen atoms in total. The van der Waals surface area contributed by atoms with E-state index in [1.165, 1.54) is 0 Å². The molecule has 3 heterocycles. The van der Waals surface area contributed by atoms with Crippen LogP contribution in [-0.4, -0.2) is 49.3 Å². The summed E-state index contributed by atoms with van der Waals surface area (Å²) in [6, 6.07) is 7.03. The maximum atomic E-state index is 13.2. The number of hydrogen-bond acceptors (Lipinski definition) is 5. The summed E-state index contributed by atoms with van der Waals surface area (Å²) in [4.78, 5) is 39.3. The number of rotatable bonds is 3. The molecule has 1 saturated heterocycles. The van der Waals surface area contributed by atoms with E-state index in [0.717, 1.165) is 16.8 Å². The lowest BCUT2D eigenvalue weighted by Gasteiger charge is -2.23. The van der Waals surface area contributed by atoms with Crippen LogP contribution in [0.4, 0.5) is 5.69 Å². The predicted octanol–water partition coefficient (Wildman–Crippen LogP) is 3.04. The van der Waals surface area contributed by atoms with Gasteiger partial charge in [0.1, 0.15) is 11.9 Å². The monoisotopic (exact) mass is 395 g/mol. The van der Waals surface area contributed by atoms with Gasteiger partial charge in [-0.25, -0.2) is 9.97 Å². The molecule has 2 N–H and O–H groups in total. The number of benzene rings is 1. The van der Waals surface area contributed by atoms with Gasteiger partial charge in [0.2, 0.25) is 5.91 Å². The second kappa shape index (κ2) is 7.27. The average Bonchev–Trinajstić information content (AvgIpc) is 3.28. The fourth-order valence-corrected chi connectivity index (χ4v) is 4.54. The number of anilines is 1. The van der Waals surface area contributed by atoms with Crippen LogP contribution < -0.4 is 5.32 Å². The third-order valence-electron chi connectivity index (χ3n) is 4.83. The van der Waals surface area contributed by atoms with Gasteiger partial charge in [0.25, 0.3) is 5.91 Å². The minimum absolute atomic E-state index is 0.170. The number of H-pyrrole nitrogens is 1. The van der Waals surface area contributed by atoms with Gasteiger partial charge in [0.15, 0.2) is 5.65 Å². The van der Waals surface area contributed by atoms with Crippen LogP contribution in [0.1, 0.15) is 27.3 Å². The van der Waals surface area contributed by atoms with Crippen LogP contribution in [0, 0.1) is 20.8 Å². The first-order chi connectivity index (χ1) is 13.4. The number of aromatic amines is 1. The van der Waals surface area contributed by atoms with Crippen LogP contribution in [0.25, 0.3) is 11.2 Å². The van der Waals surface area contributed by atoms with Crippen molar-refractivity contribution in [2.45, 2.75) is 26.8 Å². The zero-order valence-electron chi connectivity index (χ0n) is 15.9. The summed E-state index contributed by atoms with van der Waals surface area (Å²) in [7, 11) is 0. The van der Waals surface area contributed by atoms with Gasteiger partial charge < -0.3 is 15.2 Å². The van der Waals surface area contributed by atoms with Gasteiger partial charge in [-0.05, 0) is 38.5 Å². The Morgan fingerprint density at radius 3 is 2.86 bits per heavy atom. The molecule has 0 spiro atoms. The molecule has 1 aliphatic heterocycles. The molecular formula is C20H21N5O2S. The molecule has 0 radical (unpaired) electrons. The molecule has 0 bridgehead atoms. The molecule has 8 heteroatoms. The molecular weight excluding hydrogens is 374 g/mol. The number of aryl methyl sites for hydroxylation is 3. The molecule has 1 aromatic carbocycles. The number of nitrogens with one attached hydrogen (secondary N) is 2. The summed E-state index contributed by atoms with van der Waals surface area (Å²) in [6.07, 6.45) is 1.57. The first-order valence-electron chi connectivity index (χ1n) is 9.02. The van der Waals surface area contributed by atoms with Gasteiger partial charge in [-0.2, -0.15) is 0 Å². The largest absolute Gasteiger partial charge is 0.340 e. The number of hydrogen-bond donors (Lipinski definition) is 2. The van der Waals surface area contributed by atoms with Gasteiger partial charge >= 0.3 is 0 Å². The normalized spacial score (nSPS) is 16.5. The number of nitrogens with zero attached hydrogens (tertiary/aromatic N) is 3. The first kappa shape index (κ1) is 18.5. The van der Waals surface area contributed by atoms with Crippen molar-refractivity contribution in [1.29, 1.82) is 0 Å². The molecule has 144 valence electrons. The van der Waals surface area contributed by atoms with Gasteiger partial charge in [0.05, 0.1) is 17.0 Å². The predicted molar refractivity (Wildman–Crippen MR) is 110 cm³/mol. The van der Waals surface area contributed by atoms with Crippen molar-refractivity contribution in [3.05, 3.63) is 53.0 Å². The Morgan fingerprint density at radius 1 is 1.25 bits per heavy atom. The topological polar surface area (TPSA) is 91.0 Å².